The van der Waals surface area contributed by atoms with Gasteiger partial charge in [0.1, 0.15) is 5.69 Å². The van der Waals surface area contributed by atoms with Crippen molar-refractivity contribution in [3.63, 3.8) is 0 Å². The molecule has 0 bridgehead atoms. The Balaban J connectivity index is 0.00000128. The third-order valence-electron chi connectivity index (χ3n) is 2.28. The molecule has 6 heteroatoms. The van der Waals surface area contributed by atoms with E-state index in [0.717, 1.165) is 13.1 Å². The Morgan fingerprint density at radius 1 is 1.56 bits per heavy atom. The van der Waals surface area contributed by atoms with E-state index in [2.05, 4.69) is 15.6 Å². The summed E-state index contributed by atoms with van der Waals surface area (Å²) in [6.07, 6.45) is 0. The summed E-state index contributed by atoms with van der Waals surface area (Å²) in [6, 6.07) is 5.36. The molecule has 2 heterocycles. The van der Waals surface area contributed by atoms with Crippen molar-refractivity contribution in [1.82, 2.24) is 15.6 Å². The Morgan fingerprint density at radius 3 is 2.88 bits per heavy atom. The molecule has 0 atom stereocenters. The second-order valence-electron chi connectivity index (χ2n) is 3.39. The van der Waals surface area contributed by atoms with Crippen LogP contribution in [0.25, 0.3) is 0 Å². The fourth-order valence-electron chi connectivity index (χ4n) is 1.31. The topological polar surface area (TPSA) is 63.2 Å². The minimum Gasteiger partial charge on any atom is -0.481 e. The molecular weight excluding hydrogens is 230 g/mol. The highest BCUT2D eigenvalue weighted by Gasteiger charge is 2.20. The number of amides is 1. The SMILES string of the molecule is COc1cccc(C(=O)NC2CNC2)n1.Cl. The van der Waals surface area contributed by atoms with Crippen molar-refractivity contribution in [2.24, 2.45) is 0 Å². The van der Waals surface area contributed by atoms with Crippen LogP contribution in [0.2, 0.25) is 0 Å². The Labute approximate surface area is 100.0 Å². The third-order valence-corrected chi connectivity index (χ3v) is 2.28. The van der Waals surface area contributed by atoms with Crippen LogP contribution in [0.3, 0.4) is 0 Å². The number of aromatic nitrogens is 1. The second-order valence-corrected chi connectivity index (χ2v) is 3.39. The zero-order chi connectivity index (χ0) is 10.7. The molecule has 0 spiro atoms. The van der Waals surface area contributed by atoms with E-state index < -0.39 is 0 Å². The van der Waals surface area contributed by atoms with Crippen molar-refractivity contribution < 1.29 is 9.53 Å². The fourth-order valence-corrected chi connectivity index (χ4v) is 1.31. The molecule has 1 aliphatic rings. The van der Waals surface area contributed by atoms with Crippen molar-refractivity contribution in [2.75, 3.05) is 20.2 Å². The molecule has 5 nitrogen and oxygen atoms in total. The smallest absolute Gasteiger partial charge is 0.270 e. The molecule has 0 aliphatic carbocycles. The minimum absolute atomic E-state index is 0. The number of rotatable bonds is 3. The molecule has 0 unspecified atom stereocenters. The average molecular weight is 244 g/mol. The Kier molecular flexibility index (Phi) is 4.52. The van der Waals surface area contributed by atoms with Crippen molar-refractivity contribution >= 4 is 18.3 Å². The van der Waals surface area contributed by atoms with Gasteiger partial charge in [-0.3, -0.25) is 4.79 Å². The lowest BCUT2D eigenvalue weighted by molar-refractivity contribution is 0.0918. The molecule has 1 amide bonds. The van der Waals surface area contributed by atoms with Crippen molar-refractivity contribution in [3.05, 3.63) is 23.9 Å². The lowest BCUT2D eigenvalue weighted by atomic mass is 10.2. The van der Waals surface area contributed by atoms with Gasteiger partial charge in [0.2, 0.25) is 5.88 Å². The van der Waals surface area contributed by atoms with Gasteiger partial charge in [0, 0.05) is 19.2 Å². The molecule has 1 aliphatic heterocycles. The first-order valence-electron chi connectivity index (χ1n) is 4.82. The Morgan fingerprint density at radius 2 is 2.31 bits per heavy atom. The number of nitrogens with one attached hydrogen (secondary N) is 2. The highest BCUT2D eigenvalue weighted by Crippen LogP contribution is 2.06. The summed E-state index contributed by atoms with van der Waals surface area (Å²) < 4.78 is 4.95. The molecule has 1 aromatic heterocycles. The van der Waals surface area contributed by atoms with Crippen molar-refractivity contribution in [3.8, 4) is 5.88 Å². The molecule has 0 radical (unpaired) electrons. The number of nitrogens with zero attached hydrogens (tertiary/aromatic N) is 1. The first-order chi connectivity index (χ1) is 7.29. The van der Waals surface area contributed by atoms with Crippen LogP contribution in [-0.4, -0.2) is 37.1 Å². The van der Waals surface area contributed by atoms with Gasteiger partial charge in [-0.2, -0.15) is 0 Å². The van der Waals surface area contributed by atoms with Crippen molar-refractivity contribution in [1.29, 1.82) is 0 Å². The molecule has 16 heavy (non-hydrogen) atoms. The van der Waals surface area contributed by atoms with E-state index in [1.165, 1.54) is 7.11 Å². The van der Waals surface area contributed by atoms with Crippen molar-refractivity contribution in [2.45, 2.75) is 6.04 Å². The first kappa shape index (κ1) is 12.7. The summed E-state index contributed by atoms with van der Waals surface area (Å²) in [5.74, 6) is 0.301. The van der Waals surface area contributed by atoms with Gasteiger partial charge >= 0.3 is 0 Å². The van der Waals surface area contributed by atoms with Gasteiger partial charge in [-0.25, -0.2) is 4.98 Å². The summed E-state index contributed by atoms with van der Waals surface area (Å²) in [7, 11) is 1.53. The highest BCUT2D eigenvalue weighted by molar-refractivity contribution is 5.92. The molecule has 1 saturated heterocycles. The van der Waals surface area contributed by atoms with E-state index in [4.69, 9.17) is 4.74 Å². The molecular formula is C10H14ClN3O2. The van der Waals surface area contributed by atoms with Crippen LogP contribution in [0.5, 0.6) is 5.88 Å². The van der Waals surface area contributed by atoms with Gasteiger partial charge in [0.05, 0.1) is 13.2 Å². The number of ether oxygens (including phenoxy) is 1. The highest BCUT2D eigenvalue weighted by atomic mass is 35.5. The van der Waals surface area contributed by atoms with E-state index in [9.17, 15) is 4.79 Å². The molecule has 0 aromatic carbocycles. The zero-order valence-corrected chi connectivity index (χ0v) is 9.71. The normalized spacial score (nSPS) is 14.6. The number of hydrogen-bond donors (Lipinski definition) is 2. The van der Waals surface area contributed by atoms with Gasteiger partial charge in [-0.15, -0.1) is 12.4 Å². The number of carbonyl (C=O) groups is 1. The maximum atomic E-state index is 11.7. The number of pyridine rings is 1. The number of hydrogen-bond acceptors (Lipinski definition) is 4. The third kappa shape index (κ3) is 2.84. The minimum atomic E-state index is -0.152. The van der Waals surface area contributed by atoms with Crippen LogP contribution in [0.4, 0.5) is 0 Å². The zero-order valence-electron chi connectivity index (χ0n) is 8.90. The largest absolute Gasteiger partial charge is 0.481 e. The molecule has 0 saturated carbocycles. The number of halogens is 1. The Bertz CT molecular complexity index is 369. The molecule has 2 N–H and O–H groups in total. The van der Waals surface area contributed by atoms with Gasteiger partial charge in [-0.1, -0.05) is 6.07 Å². The fraction of sp³-hybridized carbons (Fsp3) is 0.400. The van der Waals surface area contributed by atoms with Gasteiger partial charge in [0.15, 0.2) is 0 Å². The van der Waals surface area contributed by atoms with Crippen LogP contribution < -0.4 is 15.4 Å². The van der Waals surface area contributed by atoms with Crippen LogP contribution in [-0.2, 0) is 0 Å². The second kappa shape index (κ2) is 5.67. The van der Waals surface area contributed by atoms with Crippen LogP contribution >= 0.6 is 12.4 Å². The summed E-state index contributed by atoms with van der Waals surface area (Å²) in [4.78, 5) is 15.7. The number of methoxy groups -OCH3 is 1. The average Bonchev–Trinajstić information content (AvgIpc) is 2.23. The molecule has 1 fully saturated rings. The van der Waals surface area contributed by atoms with E-state index in [-0.39, 0.29) is 24.4 Å². The van der Waals surface area contributed by atoms with E-state index >= 15 is 0 Å². The molecule has 88 valence electrons. The van der Waals surface area contributed by atoms with Crippen LogP contribution in [0, 0.1) is 0 Å². The van der Waals surface area contributed by atoms with Gasteiger partial charge < -0.3 is 15.4 Å². The van der Waals surface area contributed by atoms with E-state index in [1.807, 2.05) is 0 Å². The monoisotopic (exact) mass is 243 g/mol. The summed E-state index contributed by atoms with van der Waals surface area (Å²) in [6.45, 7) is 1.66. The van der Waals surface area contributed by atoms with Gasteiger partial charge in [0.25, 0.3) is 5.91 Å². The predicted octanol–water partition coefficient (Wildman–Crippen LogP) is 0.214. The summed E-state index contributed by atoms with van der Waals surface area (Å²) in [5, 5.41) is 5.95. The maximum Gasteiger partial charge on any atom is 0.270 e. The van der Waals surface area contributed by atoms with Gasteiger partial charge in [-0.05, 0) is 6.07 Å². The lowest BCUT2D eigenvalue weighted by Gasteiger charge is -2.27. The lowest BCUT2D eigenvalue weighted by Crippen LogP contribution is -2.57. The summed E-state index contributed by atoms with van der Waals surface area (Å²) >= 11 is 0. The maximum absolute atomic E-state index is 11.7. The van der Waals surface area contributed by atoms with E-state index in [1.54, 1.807) is 18.2 Å². The standard InChI is InChI=1S/C10H13N3O2.ClH/c1-15-9-4-2-3-8(13-9)10(14)12-7-5-11-6-7;/h2-4,7,11H,5-6H2,1H3,(H,12,14);1H. The van der Waals surface area contributed by atoms with Crippen LogP contribution in [0.1, 0.15) is 10.5 Å². The quantitative estimate of drug-likeness (QED) is 0.797. The molecule has 1 aromatic rings. The van der Waals surface area contributed by atoms with Crippen LogP contribution in [0.15, 0.2) is 18.2 Å². The molecule has 2 rings (SSSR count). The van der Waals surface area contributed by atoms with E-state index in [0.29, 0.717) is 11.6 Å². The number of carbonyl (C=O) groups excluding carboxylic acids is 1. The predicted molar refractivity (Wildman–Crippen MR) is 62.2 cm³/mol. The summed E-state index contributed by atoms with van der Waals surface area (Å²) in [5.41, 5.74) is 0.390. The Hall–Kier alpha value is -1.33. The first-order valence-corrected chi connectivity index (χ1v) is 4.82.